The van der Waals surface area contributed by atoms with E-state index in [2.05, 4.69) is 15.3 Å². The number of nitrogens with one attached hydrogen (secondary N) is 2. The number of methoxy groups -OCH3 is 1. The van der Waals surface area contributed by atoms with E-state index >= 15 is 0 Å². The number of nitrogens with zero attached hydrogens (tertiary/aromatic N) is 2. The number of aromatic nitrogens is 2. The zero-order valence-electron chi connectivity index (χ0n) is 10.7. The Morgan fingerprint density at radius 1 is 1.45 bits per heavy atom. The van der Waals surface area contributed by atoms with Gasteiger partial charge in [0.15, 0.2) is 5.69 Å². The minimum absolute atomic E-state index is 0.0595. The van der Waals surface area contributed by atoms with Crippen molar-refractivity contribution in [1.82, 2.24) is 9.97 Å². The molecule has 0 aliphatic heterocycles. The van der Waals surface area contributed by atoms with Gasteiger partial charge in [-0.1, -0.05) is 0 Å². The Kier molecular flexibility index (Phi) is 5.92. The first kappa shape index (κ1) is 16.4. The Hall–Kier alpha value is -1.65. The van der Waals surface area contributed by atoms with Crippen LogP contribution in [0.2, 0.25) is 0 Å². The van der Waals surface area contributed by atoms with E-state index in [1.807, 2.05) is 5.43 Å². The van der Waals surface area contributed by atoms with Gasteiger partial charge in [0, 0.05) is 19.8 Å². The van der Waals surface area contributed by atoms with Crippen LogP contribution in [0.1, 0.15) is 12.1 Å². The van der Waals surface area contributed by atoms with Gasteiger partial charge in [-0.05, 0) is 6.42 Å². The fourth-order valence-electron chi connectivity index (χ4n) is 1.49. The van der Waals surface area contributed by atoms with Crippen molar-refractivity contribution in [3.8, 4) is 0 Å². The molecule has 1 rings (SSSR count). The second-order valence-corrected chi connectivity index (χ2v) is 3.91. The van der Waals surface area contributed by atoms with Crippen LogP contribution in [0.15, 0.2) is 6.07 Å². The number of nitrogens with two attached hydrogens (primary N) is 1. The topological polar surface area (TPSA) is 105 Å². The molecule has 10 heteroatoms. The van der Waals surface area contributed by atoms with Gasteiger partial charge in [-0.3, -0.25) is 5.43 Å². The Labute approximate surface area is 113 Å². The SMILES string of the molecule is COCC(CCO)Nc1cc(C(F)(F)F)nc(NN)n1. The lowest BCUT2D eigenvalue weighted by molar-refractivity contribution is -0.141. The average molecular weight is 295 g/mol. The lowest BCUT2D eigenvalue weighted by atomic mass is 10.2. The molecule has 1 aromatic rings. The smallest absolute Gasteiger partial charge is 0.396 e. The second-order valence-electron chi connectivity index (χ2n) is 3.91. The highest BCUT2D eigenvalue weighted by Crippen LogP contribution is 2.29. The number of ether oxygens (including phenoxy) is 1. The first-order chi connectivity index (χ1) is 9.40. The molecule has 0 aliphatic carbocycles. The fraction of sp³-hybridized carbons (Fsp3) is 0.600. The molecule has 1 aromatic heterocycles. The molecule has 0 amide bonds. The van der Waals surface area contributed by atoms with E-state index < -0.39 is 11.9 Å². The van der Waals surface area contributed by atoms with Crippen LogP contribution < -0.4 is 16.6 Å². The highest BCUT2D eigenvalue weighted by Gasteiger charge is 2.33. The van der Waals surface area contributed by atoms with Crippen molar-refractivity contribution in [2.45, 2.75) is 18.6 Å². The number of aliphatic hydroxyl groups is 1. The van der Waals surface area contributed by atoms with Crippen molar-refractivity contribution < 1.29 is 23.0 Å². The van der Waals surface area contributed by atoms with Crippen molar-refractivity contribution in [3.05, 3.63) is 11.8 Å². The summed E-state index contributed by atoms with van der Waals surface area (Å²) in [5.41, 5.74) is 0.852. The van der Waals surface area contributed by atoms with E-state index in [0.717, 1.165) is 6.07 Å². The predicted octanol–water partition coefficient (Wildman–Crippen LogP) is 0.590. The molecule has 1 unspecified atom stereocenters. The summed E-state index contributed by atoms with van der Waals surface area (Å²) in [6.45, 7) is 0.0670. The summed E-state index contributed by atoms with van der Waals surface area (Å²) in [4.78, 5) is 7.00. The third kappa shape index (κ3) is 4.79. The molecule has 1 heterocycles. The van der Waals surface area contributed by atoms with E-state index in [1.54, 1.807) is 0 Å². The van der Waals surface area contributed by atoms with Gasteiger partial charge >= 0.3 is 6.18 Å². The quantitative estimate of drug-likeness (QED) is 0.431. The Morgan fingerprint density at radius 2 is 2.15 bits per heavy atom. The molecular formula is C10H16F3N5O2. The Morgan fingerprint density at radius 3 is 2.65 bits per heavy atom. The number of nitrogen functional groups attached to an aromatic ring is 1. The molecule has 114 valence electrons. The van der Waals surface area contributed by atoms with Gasteiger partial charge in [-0.25, -0.2) is 10.8 Å². The molecule has 0 aromatic carbocycles. The van der Waals surface area contributed by atoms with Crippen LogP contribution in [-0.4, -0.2) is 41.4 Å². The summed E-state index contributed by atoms with van der Waals surface area (Å²) in [7, 11) is 1.44. The highest BCUT2D eigenvalue weighted by molar-refractivity contribution is 5.43. The van der Waals surface area contributed by atoms with Crippen LogP contribution in [0.3, 0.4) is 0 Å². The van der Waals surface area contributed by atoms with Crippen LogP contribution in [0.5, 0.6) is 0 Å². The molecule has 7 nitrogen and oxygen atoms in total. The van der Waals surface area contributed by atoms with Crippen LogP contribution in [0, 0.1) is 0 Å². The molecular weight excluding hydrogens is 279 g/mol. The predicted molar refractivity (Wildman–Crippen MR) is 65.8 cm³/mol. The van der Waals surface area contributed by atoms with Crippen molar-refractivity contribution in [1.29, 1.82) is 0 Å². The minimum atomic E-state index is -4.61. The first-order valence-corrected chi connectivity index (χ1v) is 5.70. The number of halogens is 3. The fourth-order valence-corrected chi connectivity index (χ4v) is 1.49. The molecule has 1 atom stereocenters. The van der Waals surface area contributed by atoms with E-state index in [9.17, 15) is 13.2 Å². The summed E-state index contributed by atoms with van der Waals surface area (Å²) in [5, 5.41) is 11.6. The summed E-state index contributed by atoms with van der Waals surface area (Å²) >= 11 is 0. The van der Waals surface area contributed by atoms with Gasteiger partial charge in [-0.2, -0.15) is 18.2 Å². The number of rotatable bonds is 7. The van der Waals surface area contributed by atoms with Crippen molar-refractivity contribution in [2.24, 2.45) is 5.84 Å². The number of hydrazine groups is 1. The maximum atomic E-state index is 12.7. The summed E-state index contributed by atoms with van der Waals surface area (Å²) in [6.07, 6.45) is -4.32. The van der Waals surface area contributed by atoms with Crippen LogP contribution >= 0.6 is 0 Å². The molecule has 5 N–H and O–H groups in total. The number of alkyl halides is 3. The average Bonchev–Trinajstić information content (AvgIpc) is 2.38. The van der Waals surface area contributed by atoms with Crippen LogP contribution in [0.4, 0.5) is 24.9 Å². The van der Waals surface area contributed by atoms with Gasteiger partial charge in [-0.15, -0.1) is 0 Å². The number of hydrogen-bond donors (Lipinski definition) is 4. The highest BCUT2D eigenvalue weighted by atomic mass is 19.4. The van der Waals surface area contributed by atoms with E-state index in [4.69, 9.17) is 15.7 Å². The molecule has 0 fully saturated rings. The molecule has 0 saturated carbocycles. The lowest BCUT2D eigenvalue weighted by Gasteiger charge is -2.18. The standard InChI is InChI=1S/C10H16F3N5O2/c1-20-5-6(2-3-19)15-8-4-7(10(11,12)13)16-9(17-8)18-14/h4,6,19H,2-3,5,14H2,1H3,(H2,15,16,17,18). The van der Waals surface area contributed by atoms with E-state index in [1.165, 1.54) is 7.11 Å². The molecule has 0 aliphatic rings. The molecule has 0 radical (unpaired) electrons. The maximum Gasteiger partial charge on any atom is 0.433 e. The lowest BCUT2D eigenvalue weighted by Crippen LogP contribution is -2.27. The number of hydrogen-bond acceptors (Lipinski definition) is 7. The van der Waals surface area contributed by atoms with Crippen LogP contribution in [-0.2, 0) is 10.9 Å². The Bertz CT molecular complexity index is 424. The zero-order valence-corrected chi connectivity index (χ0v) is 10.7. The van der Waals surface area contributed by atoms with E-state index in [0.29, 0.717) is 6.42 Å². The summed E-state index contributed by atoms with van der Waals surface area (Å²) in [5.74, 6) is 4.63. The van der Waals surface area contributed by atoms with Gasteiger partial charge in [0.25, 0.3) is 0 Å². The number of anilines is 2. The molecule has 0 saturated heterocycles. The maximum absolute atomic E-state index is 12.7. The summed E-state index contributed by atoms with van der Waals surface area (Å²) < 4.78 is 42.9. The van der Waals surface area contributed by atoms with Crippen LogP contribution in [0.25, 0.3) is 0 Å². The molecule has 0 bridgehead atoms. The molecule has 0 spiro atoms. The first-order valence-electron chi connectivity index (χ1n) is 5.70. The monoisotopic (exact) mass is 295 g/mol. The largest absolute Gasteiger partial charge is 0.433 e. The number of aliphatic hydroxyl groups excluding tert-OH is 1. The normalized spacial score (nSPS) is 13.1. The van der Waals surface area contributed by atoms with Crippen molar-refractivity contribution in [2.75, 3.05) is 31.1 Å². The second kappa shape index (κ2) is 7.22. The van der Waals surface area contributed by atoms with Crippen molar-refractivity contribution in [3.63, 3.8) is 0 Å². The molecule has 20 heavy (non-hydrogen) atoms. The zero-order chi connectivity index (χ0) is 15.2. The third-order valence-corrected chi connectivity index (χ3v) is 2.34. The third-order valence-electron chi connectivity index (χ3n) is 2.34. The van der Waals surface area contributed by atoms with Gasteiger partial charge in [0.05, 0.1) is 12.6 Å². The van der Waals surface area contributed by atoms with Gasteiger partial charge in [0.2, 0.25) is 5.95 Å². The van der Waals surface area contributed by atoms with Gasteiger partial charge < -0.3 is 15.2 Å². The van der Waals surface area contributed by atoms with E-state index in [-0.39, 0.29) is 31.0 Å². The van der Waals surface area contributed by atoms with Gasteiger partial charge in [0.1, 0.15) is 5.82 Å². The Balaban J connectivity index is 2.98. The minimum Gasteiger partial charge on any atom is -0.396 e. The summed E-state index contributed by atoms with van der Waals surface area (Å²) in [6, 6.07) is 0.382. The van der Waals surface area contributed by atoms with Crippen molar-refractivity contribution >= 4 is 11.8 Å².